The van der Waals surface area contributed by atoms with Crippen molar-refractivity contribution >= 4 is 88.8 Å². The monoisotopic (exact) mass is 469 g/mol. The van der Waals surface area contributed by atoms with Crippen molar-refractivity contribution in [2.75, 3.05) is 0 Å². The molecule has 0 unspecified atom stereocenters. The first-order valence-electron chi connectivity index (χ1n) is 2.27. The molecule has 0 aliphatic carbocycles. The molecule has 0 saturated carbocycles. The number of carbonyl (C=O) groups is 1. The first-order chi connectivity index (χ1) is 5.63. The first-order valence-corrected chi connectivity index (χ1v) is 10.5. The lowest BCUT2D eigenvalue weighted by molar-refractivity contribution is 0.108. The van der Waals surface area contributed by atoms with E-state index in [-0.39, 0.29) is 15.1 Å². The summed E-state index contributed by atoms with van der Waals surface area (Å²) < 4.78 is 3.61. The van der Waals surface area contributed by atoms with E-state index in [1.54, 1.807) is 0 Å². The molecule has 8 heteroatoms. The number of nitrogens with zero attached hydrogens (tertiary/aromatic N) is 1. The van der Waals surface area contributed by atoms with E-state index in [1.807, 2.05) is 0 Å². The smallest absolute Gasteiger partial charge is 0.265 e. The van der Waals surface area contributed by atoms with Gasteiger partial charge in [-0.2, -0.15) is 4.37 Å². The van der Waals surface area contributed by atoms with Gasteiger partial charge >= 0.3 is 0 Å². The Morgan fingerprint density at radius 3 is 2.08 bits per heavy atom. The standard InChI is InChI=1S/C4Cl3NOS.I2/c5-1-2(4(7)9)10-8-3(1)6;1-2. The summed E-state index contributed by atoms with van der Waals surface area (Å²) in [4.78, 5) is 10.7. The number of hydrogen-bond acceptors (Lipinski definition) is 3. The minimum atomic E-state index is -0.630. The van der Waals surface area contributed by atoms with Crippen LogP contribution in [0.4, 0.5) is 0 Å². The molecule has 0 aromatic carbocycles. The van der Waals surface area contributed by atoms with E-state index in [1.165, 1.54) is 0 Å². The van der Waals surface area contributed by atoms with Crippen molar-refractivity contribution < 1.29 is 4.79 Å². The summed E-state index contributed by atoms with van der Waals surface area (Å²) in [5.41, 5.74) is 0. The summed E-state index contributed by atoms with van der Waals surface area (Å²) in [6, 6.07) is 0. The van der Waals surface area contributed by atoms with E-state index in [4.69, 9.17) is 34.8 Å². The zero-order chi connectivity index (χ0) is 9.72. The van der Waals surface area contributed by atoms with Gasteiger partial charge in [0.15, 0.2) is 5.15 Å². The molecule has 1 heterocycles. The third-order valence-electron chi connectivity index (χ3n) is 0.776. The Morgan fingerprint density at radius 2 is 1.92 bits per heavy atom. The molecule has 1 aromatic rings. The Bertz CT molecular complexity index is 279. The molecule has 0 radical (unpaired) electrons. The van der Waals surface area contributed by atoms with Crippen LogP contribution in [0, 0.1) is 0 Å². The van der Waals surface area contributed by atoms with Crippen LogP contribution >= 0.6 is 83.6 Å². The molecule has 12 heavy (non-hydrogen) atoms. The number of aromatic nitrogens is 1. The Labute approximate surface area is 111 Å². The molecular formula is C4Cl3I2NOS. The molecule has 1 rings (SSSR count). The van der Waals surface area contributed by atoms with E-state index < -0.39 is 5.24 Å². The summed E-state index contributed by atoms with van der Waals surface area (Å²) in [5.74, 6) is 0. The number of rotatable bonds is 1. The van der Waals surface area contributed by atoms with Crippen LogP contribution in [-0.4, -0.2) is 9.62 Å². The lowest BCUT2D eigenvalue weighted by Gasteiger charge is -1.83. The predicted molar refractivity (Wildman–Crippen MR) is 70.4 cm³/mol. The van der Waals surface area contributed by atoms with Gasteiger partial charge in [-0.25, -0.2) is 0 Å². The molecule has 0 spiro atoms. The Morgan fingerprint density at radius 1 is 1.42 bits per heavy atom. The fraction of sp³-hybridized carbons (Fsp3) is 0. The van der Waals surface area contributed by atoms with E-state index >= 15 is 0 Å². The van der Waals surface area contributed by atoms with Crippen molar-refractivity contribution in [3.63, 3.8) is 0 Å². The summed E-state index contributed by atoms with van der Waals surface area (Å²) in [6.07, 6.45) is 0. The molecule has 0 amide bonds. The third-order valence-corrected chi connectivity index (χ3v) is 2.87. The maximum absolute atomic E-state index is 10.5. The highest BCUT2D eigenvalue weighted by molar-refractivity contribution is 15.0. The highest BCUT2D eigenvalue weighted by atomic mass is 128. The van der Waals surface area contributed by atoms with Gasteiger partial charge in [-0.1, -0.05) is 23.2 Å². The molecule has 0 bridgehead atoms. The van der Waals surface area contributed by atoms with Gasteiger partial charge in [0, 0.05) is 37.2 Å². The van der Waals surface area contributed by atoms with Gasteiger partial charge in [0.25, 0.3) is 5.24 Å². The van der Waals surface area contributed by atoms with Gasteiger partial charge < -0.3 is 0 Å². The Balaban J connectivity index is 0.000000561. The fourth-order valence-corrected chi connectivity index (χ4v) is 1.68. The highest BCUT2D eigenvalue weighted by Gasteiger charge is 2.14. The minimum Gasteiger partial charge on any atom is -0.275 e. The Hall–Kier alpha value is 1.63. The highest BCUT2D eigenvalue weighted by Crippen LogP contribution is 2.29. The van der Waals surface area contributed by atoms with Crippen LogP contribution in [0.15, 0.2) is 0 Å². The largest absolute Gasteiger partial charge is 0.275 e. The molecule has 0 aliphatic heterocycles. The zero-order valence-electron chi connectivity index (χ0n) is 5.15. The quantitative estimate of drug-likeness (QED) is 0.444. The van der Waals surface area contributed by atoms with E-state index in [0.29, 0.717) is 0 Å². The van der Waals surface area contributed by atoms with Crippen LogP contribution < -0.4 is 0 Å². The summed E-state index contributed by atoms with van der Waals surface area (Å²) in [6.45, 7) is 0. The second-order valence-corrected chi connectivity index (χ2v) is 3.24. The van der Waals surface area contributed by atoms with Crippen LogP contribution in [0.2, 0.25) is 10.2 Å². The SMILES string of the molecule is II.O=C(Cl)c1snc(Cl)c1Cl. The van der Waals surface area contributed by atoms with Crippen molar-refractivity contribution in [1.29, 1.82) is 0 Å². The molecular weight excluding hydrogens is 470 g/mol. The van der Waals surface area contributed by atoms with Crippen LogP contribution in [-0.2, 0) is 0 Å². The topological polar surface area (TPSA) is 30.0 Å². The van der Waals surface area contributed by atoms with E-state index in [2.05, 4.69) is 41.6 Å². The van der Waals surface area contributed by atoms with Crippen LogP contribution in [0.1, 0.15) is 9.67 Å². The zero-order valence-corrected chi connectivity index (χ0v) is 12.6. The molecule has 0 N–H and O–H groups in total. The molecule has 2 nitrogen and oxygen atoms in total. The van der Waals surface area contributed by atoms with Crippen LogP contribution in [0.5, 0.6) is 0 Å². The summed E-state index contributed by atoms with van der Waals surface area (Å²) >= 11 is 21.2. The van der Waals surface area contributed by atoms with Crippen molar-refractivity contribution in [3.05, 3.63) is 15.1 Å². The van der Waals surface area contributed by atoms with E-state index in [9.17, 15) is 4.79 Å². The molecule has 1 aromatic heterocycles. The maximum Gasteiger partial charge on any atom is 0.265 e. The van der Waals surface area contributed by atoms with Crippen molar-refractivity contribution in [2.24, 2.45) is 0 Å². The molecule has 68 valence electrons. The second-order valence-electron chi connectivity index (χ2n) is 1.39. The van der Waals surface area contributed by atoms with Gasteiger partial charge in [0.2, 0.25) is 0 Å². The Kier molecular flexibility index (Phi) is 7.94. The second kappa shape index (κ2) is 6.99. The number of halogens is 5. The molecule has 0 aliphatic rings. The van der Waals surface area contributed by atoms with Gasteiger partial charge in [-0.05, 0) is 23.1 Å². The van der Waals surface area contributed by atoms with Gasteiger partial charge in [0.05, 0.1) is 0 Å². The first kappa shape index (κ1) is 13.6. The average Bonchev–Trinajstić information content (AvgIpc) is 2.37. The van der Waals surface area contributed by atoms with Crippen molar-refractivity contribution in [1.82, 2.24) is 4.37 Å². The van der Waals surface area contributed by atoms with Crippen molar-refractivity contribution in [2.45, 2.75) is 0 Å². The van der Waals surface area contributed by atoms with Gasteiger partial charge in [-0.15, -0.1) is 0 Å². The lowest BCUT2D eigenvalue weighted by Crippen LogP contribution is -1.81. The van der Waals surface area contributed by atoms with Crippen LogP contribution in [0.3, 0.4) is 0 Å². The molecule has 0 saturated heterocycles. The average molecular weight is 470 g/mol. The molecule has 0 fully saturated rings. The van der Waals surface area contributed by atoms with Gasteiger partial charge in [0.1, 0.15) is 9.90 Å². The predicted octanol–water partition coefficient (Wildman–Crippen LogP) is 4.60. The number of hydrogen-bond donors (Lipinski definition) is 0. The van der Waals surface area contributed by atoms with Crippen LogP contribution in [0.25, 0.3) is 0 Å². The maximum atomic E-state index is 10.5. The third kappa shape index (κ3) is 3.79. The minimum absolute atomic E-state index is 0.121. The van der Waals surface area contributed by atoms with E-state index in [0.717, 1.165) is 11.5 Å². The fourth-order valence-electron chi connectivity index (χ4n) is 0.382. The number of carbonyl (C=O) groups excluding carboxylic acids is 1. The normalized spacial score (nSPS) is 8.75. The molecule has 0 atom stereocenters. The lowest BCUT2D eigenvalue weighted by atomic mass is 10.5. The summed E-state index contributed by atoms with van der Waals surface area (Å²) in [5, 5.41) is -0.378. The summed E-state index contributed by atoms with van der Waals surface area (Å²) in [7, 11) is 0. The van der Waals surface area contributed by atoms with Gasteiger partial charge in [-0.3, -0.25) is 4.79 Å². The van der Waals surface area contributed by atoms with Crippen molar-refractivity contribution in [3.8, 4) is 0 Å².